The second-order valence-corrected chi connectivity index (χ2v) is 17.5. The number of para-hydroxylation sites is 2. The zero-order valence-corrected chi connectivity index (χ0v) is 31.9. The number of fused-ring (bicyclic) bond motifs is 15. The number of benzene rings is 7. The summed E-state index contributed by atoms with van der Waals surface area (Å²) in [7, 11) is 0. The number of anilines is 6. The number of nitrogens with zero attached hydrogens (tertiary/aromatic N) is 2. The Hall–Kier alpha value is -6.10. The van der Waals surface area contributed by atoms with Crippen molar-refractivity contribution in [1.29, 1.82) is 0 Å². The van der Waals surface area contributed by atoms with E-state index in [0.29, 0.717) is 0 Å². The van der Waals surface area contributed by atoms with E-state index in [1.165, 1.54) is 99.2 Å². The third-order valence-electron chi connectivity index (χ3n) is 12.6. The predicted octanol–water partition coefficient (Wildman–Crippen LogP) is 11.5. The van der Waals surface area contributed by atoms with Crippen LogP contribution in [0.15, 0.2) is 170 Å². The minimum Gasteiger partial charge on any atom is -0.311 e. The van der Waals surface area contributed by atoms with Crippen LogP contribution in [0.25, 0.3) is 22.3 Å². The molecular weight excluding hydrogens is 683 g/mol. The molecule has 0 radical (unpaired) electrons. The van der Waals surface area contributed by atoms with Crippen LogP contribution >= 0.6 is 11.3 Å². The van der Waals surface area contributed by atoms with Crippen LogP contribution in [0.1, 0.15) is 47.9 Å². The summed E-state index contributed by atoms with van der Waals surface area (Å²) in [5, 5.41) is 0. The summed E-state index contributed by atoms with van der Waals surface area (Å²) in [6.07, 6.45) is 0. The molecule has 0 saturated carbocycles. The molecule has 0 unspecified atom stereocenters. The maximum atomic E-state index is 2.59. The van der Waals surface area contributed by atoms with E-state index >= 15 is 0 Å². The Morgan fingerprint density at radius 1 is 0.491 bits per heavy atom. The fraction of sp³-hybridized carbons (Fsp3) is 0.0980. The molecule has 0 bridgehead atoms. The van der Waals surface area contributed by atoms with Crippen LogP contribution in [0.3, 0.4) is 0 Å². The summed E-state index contributed by atoms with van der Waals surface area (Å²) < 4.78 is 1.42. The van der Waals surface area contributed by atoms with Gasteiger partial charge in [0.25, 0.3) is 6.71 Å². The van der Waals surface area contributed by atoms with Crippen molar-refractivity contribution in [2.24, 2.45) is 0 Å². The van der Waals surface area contributed by atoms with Gasteiger partial charge in [0.2, 0.25) is 0 Å². The van der Waals surface area contributed by atoms with Gasteiger partial charge in [-0.2, -0.15) is 0 Å². The fourth-order valence-electron chi connectivity index (χ4n) is 10.4. The Morgan fingerprint density at radius 3 is 1.69 bits per heavy atom. The molecule has 0 amide bonds. The zero-order chi connectivity index (χ0) is 36.6. The van der Waals surface area contributed by atoms with E-state index in [1.54, 1.807) is 0 Å². The smallest absolute Gasteiger partial charge is 0.264 e. The third kappa shape index (κ3) is 3.95. The predicted molar refractivity (Wildman–Crippen MR) is 233 cm³/mol. The van der Waals surface area contributed by atoms with Crippen molar-refractivity contribution in [1.82, 2.24) is 0 Å². The molecule has 2 nitrogen and oxygen atoms in total. The summed E-state index contributed by atoms with van der Waals surface area (Å²) in [5.74, 6) is 0. The molecule has 0 fully saturated rings. The molecule has 4 heteroatoms. The van der Waals surface area contributed by atoms with Crippen LogP contribution in [0.5, 0.6) is 0 Å². The van der Waals surface area contributed by atoms with E-state index in [2.05, 4.69) is 200 Å². The van der Waals surface area contributed by atoms with Crippen molar-refractivity contribution in [2.75, 3.05) is 9.80 Å². The molecule has 1 spiro atoms. The van der Waals surface area contributed by atoms with Gasteiger partial charge < -0.3 is 9.80 Å². The van der Waals surface area contributed by atoms with Crippen molar-refractivity contribution in [3.63, 3.8) is 0 Å². The lowest BCUT2D eigenvalue weighted by molar-refractivity contribution is 0.590. The van der Waals surface area contributed by atoms with E-state index < -0.39 is 5.41 Å². The average molecular weight is 721 g/mol. The van der Waals surface area contributed by atoms with E-state index in [-0.39, 0.29) is 12.1 Å². The number of hydrogen-bond donors (Lipinski definition) is 0. The Bertz CT molecular complexity index is 2840. The highest BCUT2D eigenvalue weighted by Crippen LogP contribution is 2.66. The van der Waals surface area contributed by atoms with Gasteiger partial charge in [-0.05, 0) is 97.7 Å². The number of hydrogen-bond acceptors (Lipinski definition) is 3. The standard InChI is InChI=1S/C51H37BN2S/c1-50(2,3)32-28-30-34(31-29-32)53-42-25-14-13-24-41(42)52-46-43(53)26-15-27-44(46)54(33-16-5-4-6-17-33)47-45-37-20-9-12-23-40(37)51(48(45)55-49(47)52)38-21-10-7-18-35(38)36-19-8-11-22-39(36)51/h4-31H,1-3H3. The van der Waals surface area contributed by atoms with Crippen molar-refractivity contribution in [3.8, 4) is 22.3 Å². The minimum absolute atomic E-state index is 0.0779. The van der Waals surface area contributed by atoms with Crippen LogP contribution in [-0.2, 0) is 10.8 Å². The molecule has 1 aromatic heterocycles. The lowest BCUT2D eigenvalue weighted by Gasteiger charge is -2.43. The van der Waals surface area contributed by atoms with Crippen molar-refractivity contribution < 1.29 is 0 Å². The van der Waals surface area contributed by atoms with Gasteiger partial charge in [0.1, 0.15) is 0 Å². The second kappa shape index (κ2) is 11.0. The first-order valence-corrected chi connectivity index (χ1v) is 20.2. The maximum absolute atomic E-state index is 2.59. The van der Waals surface area contributed by atoms with Crippen LogP contribution in [0.2, 0.25) is 0 Å². The summed E-state index contributed by atoms with van der Waals surface area (Å²) in [6, 6.07) is 64.0. The fourth-order valence-corrected chi connectivity index (χ4v) is 12.0. The van der Waals surface area contributed by atoms with Crippen molar-refractivity contribution >= 4 is 67.9 Å². The van der Waals surface area contributed by atoms with E-state index in [4.69, 9.17) is 0 Å². The molecule has 260 valence electrons. The third-order valence-corrected chi connectivity index (χ3v) is 14.0. The lowest BCUT2D eigenvalue weighted by atomic mass is 9.36. The van der Waals surface area contributed by atoms with Crippen LogP contribution < -0.4 is 25.5 Å². The summed E-state index contributed by atoms with van der Waals surface area (Å²) in [5.41, 5.74) is 20.7. The maximum Gasteiger partial charge on any atom is 0.264 e. The highest BCUT2D eigenvalue weighted by molar-refractivity contribution is 7.30. The molecule has 55 heavy (non-hydrogen) atoms. The molecule has 0 atom stereocenters. The molecule has 0 N–H and O–H groups in total. The lowest BCUT2D eigenvalue weighted by Crippen LogP contribution is -2.60. The van der Waals surface area contributed by atoms with Crippen LogP contribution in [0.4, 0.5) is 34.1 Å². The first-order valence-electron chi connectivity index (χ1n) is 19.4. The molecule has 0 saturated heterocycles. The van der Waals surface area contributed by atoms with E-state index in [9.17, 15) is 0 Å². The quantitative estimate of drug-likeness (QED) is 0.164. The number of thiophene rings is 1. The van der Waals surface area contributed by atoms with Gasteiger partial charge in [-0.25, -0.2) is 0 Å². The van der Waals surface area contributed by atoms with Gasteiger partial charge >= 0.3 is 0 Å². The van der Waals surface area contributed by atoms with Gasteiger partial charge in [0, 0.05) is 43.7 Å². The highest BCUT2D eigenvalue weighted by atomic mass is 32.1. The van der Waals surface area contributed by atoms with Crippen molar-refractivity contribution in [3.05, 3.63) is 197 Å². The van der Waals surface area contributed by atoms with Crippen LogP contribution in [-0.4, -0.2) is 6.71 Å². The van der Waals surface area contributed by atoms with E-state index in [0.717, 1.165) is 0 Å². The molecule has 2 aliphatic heterocycles. The minimum atomic E-state index is -0.395. The summed E-state index contributed by atoms with van der Waals surface area (Å²) in [6.45, 7) is 6.94. The van der Waals surface area contributed by atoms with E-state index in [1.807, 2.05) is 11.3 Å². The van der Waals surface area contributed by atoms with Crippen molar-refractivity contribution in [2.45, 2.75) is 31.6 Å². The molecular formula is C51H37BN2S. The summed E-state index contributed by atoms with van der Waals surface area (Å²) >= 11 is 2.05. The SMILES string of the molecule is CC(C)(C)c1ccc(N2c3ccccc3B3c4sc5c(c4N(c4ccccc4)c4cccc2c43)-c2ccccc2C52c3ccccc3-c3ccccc32)cc1. The number of rotatable bonds is 2. The van der Waals surface area contributed by atoms with Gasteiger partial charge in [0.05, 0.1) is 11.1 Å². The Morgan fingerprint density at radius 2 is 1.02 bits per heavy atom. The monoisotopic (exact) mass is 720 g/mol. The second-order valence-electron chi connectivity index (χ2n) is 16.4. The Labute approximate surface area is 327 Å². The Balaban J connectivity index is 1.19. The molecule has 3 heterocycles. The van der Waals surface area contributed by atoms with Gasteiger partial charge in [-0.1, -0.05) is 148 Å². The molecule has 2 aliphatic carbocycles. The average Bonchev–Trinajstić information content (AvgIpc) is 3.85. The largest absolute Gasteiger partial charge is 0.311 e. The summed E-state index contributed by atoms with van der Waals surface area (Å²) in [4.78, 5) is 6.54. The van der Waals surface area contributed by atoms with Gasteiger partial charge in [0.15, 0.2) is 0 Å². The molecule has 12 rings (SSSR count). The topological polar surface area (TPSA) is 6.48 Å². The molecule has 7 aromatic carbocycles. The molecule has 4 aliphatic rings. The first-order chi connectivity index (χ1) is 27.0. The zero-order valence-electron chi connectivity index (χ0n) is 31.0. The van der Waals surface area contributed by atoms with Gasteiger partial charge in [-0.3, -0.25) is 0 Å². The Kier molecular flexibility index (Phi) is 6.25. The molecule has 8 aromatic rings. The normalized spacial score (nSPS) is 14.9. The van der Waals surface area contributed by atoms with Crippen LogP contribution in [0, 0.1) is 0 Å². The van der Waals surface area contributed by atoms with Gasteiger partial charge in [-0.15, -0.1) is 11.3 Å². The highest BCUT2D eigenvalue weighted by Gasteiger charge is 2.56. The first kappa shape index (κ1) is 31.3.